The molecule has 1 amide bonds. The average molecular weight is 303 g/mol. The molecule has 1 aromatic carbocycles. The number of carbonyl (C=O) groups is 1. The van der Waals surface area contributed by atoms with Gasteiger partial charge in [-0.25, -0.2) is 5.10 Å². The van der Waals surface area contributed by atoms with E-state index in [1.54, 1.807) is 24.3 Å². The van der Waals surface area contributed by atoms with Crippen LogP contribution in [-0.2, 0) is 11.3 Å². The smallest absolute Gasteiger partial charge is 0.263 e. The standard InChI is InChI=1S/C13H11ClN6O/c14-11-4-2-1-3-9(11)6-16-12(21)10(5-15)7-17-13-18-8-19-20-13/h1-4,7-8H,6H2,(H,16,21)(H2,17,18,19,20)/b10-7-. The number of benzene rings is 1. The maximum atomic E-state index is 11.9. The molecule has 2 rings (SSSR count). The second-order valence-corrected chi connectivity index (χ2v) is 4.33. The minimum absolute atomic E-state index is 0.0848. The highest BCUT2D eigenvalue weighted by molar-refractivity contribution is 6.31. The van der Waals surface area contributed by atoms with Crippen LogP contribution in [0, 0.1) is 11.3 Å². The summed E-state index contributed by atoms with van der Waals surface area (Å²) in [5.41, 5.74) is 0.687. The molecule has 0 atom stereocenters. The number of amides is 1. The zero-order valence-corrected chi connectivity index (χ0v) is 11.6. The van der Waals surface area contributed by atoms with Gasteiger partial charge in [-0.1, -0.05) is 29.8 Å². The molecule has 0 radical (unpaired) electrons. The number of carbonyl (C=O) groups excluding carboxylic acids is 1. The summed E-state index contributed by atoms with van der Waals surface area (Å²) >= 11 is 5.99. The lowest BCUT2D eigenvalue weighted by Crippen LogP contribution is -2.24. The lowest BCUT2D eigenvalue weighted by molar-refractivity contribution is -0.117. The molecule has 3 N–H and O–H groups in total. The fraction of sp³-hybridized carbons (Fsp3) is 0.0769. The van der Waals surface area contributed by atoms with Crippen molar-refractivity contribution in [3.05, 3.63) is 53.0 Å². The van der Waals surface area contributed by atoms with Crippen molar-refractivity contribution in [1.82, 2.24) is 20.5 Å². The zero-order chi connectivity index (χ0) is 15.1. The summed E-state index contributed by atoms with van der Waals surface area (Å²) < 4.78 is 0. The first-order valence-electron chi connectivity index (χ1n) is 5.94. The van der Waals surface area contributed by atoms with E-state index < -0.39 is 5.91 Å². The van der Waals surface area contributed by atoms with Gasteiger partial charge in [-0.3, -0.25) is 4.79 Å². The third-order valence-corrected chi connectivity index (χ3v) is 2.90. The maximum Gasteiger partial charge on any atom is 0.263 e. The second kappa shape index (κ2) is 7.07. The van der Waals surface area contributed by atoms with Crippen LogP contribution in [0.5, 0.6) is 0 Å². The second-order valence-electron chi connectivity index (χ2n) is 3.92. The van der Waals surface area contributed by atoms with Crippen molar-refractivity contribution in [2.24, 2.45) is 0 Å². The van der Waals surface area contributed by atoms with Crippen molar-refractivity contribution in [3.8, 4) is 6.07 Å². The van der Waals surface area contributed by atoms with Crippen molar-refractivity contribution >= 4 is 23.5 Å². The normalized spacial score (nSPS) is 10.8. The van der Waals surface area contributed by atoms with E-state index in [-0.39, 0.29) is 12.1 Å². The Hall–Kier alpha value is -2.85. The summed E-state index contributed by atoms with van der Waals surface area (Å²) in [4.78, 5) is 15.7. The van der Waals surface area contributed by atoms with Gasteiger partial charge in [0.1, 0.15) is 18.0 Å². The van der Waals surface area contributed by atoms with Crippen LogP contribution in [-0.4, -0.2) is 21.1 Å². The number of rotatable bonds is 5. The third-order valence-electron chi connectivity index (χ3n) is 2.53. The Kier molecular flexibility index (Phi) is 4.90. The Morgan fingerprint density at radius 2 is 2.29 bits per heavy atom. The van der Waals surface area contributed by atoms with E-state index in [1.807, 2.05) is 6.07 Å². The van der Waals surface area contributed by atoms with E-state index in [9.17, 15) is 4.79 Å². The molecule has 0 spiro atoms. The van der Waals surface area contributed by atoms with Crippen LogP contribution in [0.3, 0.4) is 0 Å². The van der Waals surface area contributed by atoms with Crippen LogP contribution in [0.4, 0.5) is 5.95 Å². The van der Waals surface area contributed by atoms with E-state index in [4.69, 9.17) is 16.9 Å². The topological polar surface area (TPSA) is 106 Å². The van der Waals surface area contributed by atoms with Gasteiger partial charge in [0, 0.05) is 17.8 Å². The number of nitrogens with one attached hydrogen (secondary N) is 3. The first-order valence-corrected chi connectivity index (χ1v) is 6.32. The van der Waals surface area contributed by atoms with Crippen LogP contribution in [0.2, 0.25) is 5.02 Å². The summed E-state index contributed by atoms with van der Waals surface area (Å²) in [5.74, 6) is -0.175. The number of nitriles is 1. The lowest BCUT2D eigenvalue weighted by Gasteiger charge is -2.06. The first-order chi connectivity index (χ1) is 10.2. The van der Waals surface area contributed by atoms with E-state index in [2.05, 4.69) is 25.8 Å². The first kappa shape index (κ1) is 14.6. The fourth-order valence-corrected chi connectivity index (χ4v) is 1.68. The van der Waals surface area contributed by atoms with Gasteiger partial charge in [0.25, 0.3) is 5.91 Å². The molecule has 21 heavy (non-hydrogen) atoms. The molecule has 0 saturated heterocycles. The number of aromatic nitrogens is 3. The van der Waals surface area contributed by atoms with Gasteiger partial charge < -0.3 is 10.6 Å². The van der Waals surface area contributed by atoms with Gasteiger partial charge in [0.15, 0.2) is 0 Å². The van der Waals surface area contributed by atoms with Gasteiger partial charge in [-0.2, -0.15) is 15.3 Å². The molecule has 1 aromatic heterocycles. The maximum absolute atomic E-state index is 11.9. The van der Waals surface area contributed by atoms with Crippen molar-refractivity contribution in [2.45, 2.75) is 6.54 Å². The van der Waals surface area contributed by atoms with Crippen molar-refractivity contribution < 1.29 is 4.79 Å². The van der Waals surface area contributed by atoms with E-state index >= 15 is 0 Å². The molecule has 0 aliphatic heterocycles. The van der Waals surface area contributed by atoms with Gasteiger partial charge in [-0.15, -0.1) is 0 Å². The Morgan fingerprint density at radius 1 is 1.48 bits per heavy atom. The largest absolute Gasteiger partial charge is 0.347 e. The molecule has 8 heteroatoms. The summed E-state index contributed by atoms with van der Waals surface area (Å²) in [6, 6.07) is 8.96. The number of aromatic amines is 1. The quantitative estimate of drug-likeness (QED) is 0.574. The highest BCUT2D eigenvalue weighted by Crippen LogP contribution is 2.14. The molecule has 7 nitrogen and oxygen atoms in total. The summed E-state index contributed by atoms with van der Waals surface area (Å²) in [7, 11) is 0. The SMILES string of the molecule is N#C/C(=C/Nc1ncn[nH]1)C(=O)NCc1ccccc1Cl. The molecule has 0 aliphatic rings. The number of hydrogen-bond acceptors (Lipinski definition) is 5. The molecule has 0 aliphatic carbocycles. The van der Waals surface area contributed by atoms with Crippen molar-refractivity contribution in [1.29, 1.82) is 5.26 Å². The predicted molar refractivity (Wildman–Crippen MR) is 77.0 cm³/mol. The Morgan fingerprint density at radius 3 is 2.95 bits per heavy atom. The minimum atomic E-state index is -0.510. The lowest BCUT2D eigenvalue weighted by atomic mass is 10.2. The molecule has 1 heterocycles. The molecule has 0 unspecified atom stereocenters. The number of H-pyrrole nitrogens is 1. The van der Waals surface area contributed by atoms with Gasteiger partial charge in [-0.05, 0) is 11.6 Å². The molecule has 0 fully saturated rings. The number of hydrogen-bond donors (Lipinski definition) is 3. The van der Waals surface area contributed by atoms with E-state index in [0.717, 1.165) is 5.56 Å². The molecular formula is C13H11ClN6O. The fourth-order valence-electron chi connectivity index (χ4n) is 1.48. The highest BCUT2D eigenvalue weighted by Gasteiger charge is 2.09. The Balaban J connectivity index is 1.96. The van der Waals surface area contributed by atoms with E-state index in [0.29, 0.717) is 11.0 Å². The minimum Gasteiger partial charge on any atom is -0.347 e. The van der Waals surface area contributed by atoms with Crippen molar-refractivity contribution in [3.63, 3.8) is 0 Å². The van der Waals surface area contributed by atoms with Crippen LogP contribution >= 0.6 is 11.6 Å². The molecule has 106 valence electrons. The number of nitrogens with zero attached hydrogens (tertiary/aromatic N) is 3. The molecule has 2 aromatic rings. The number of anilines is 1. The van der Waals surface area contributed by atoms with Crippen LogP contribution in [0.25, 0.3) is 0 Å². The third kappa shape index (κ3) is 4.06. The monoisotopic (exact) mass is 302 g/mol. The summed E-state index contributed by atoms with van der Waals surface area (Å²) in [6.45, 7) is 0.236. The zero-order valence-electron chi connectivity index (χ0n) is 10.8. The molecule has 0 bridgehead atoms. The average Bonchev–Trinajstić information content (AvgIpc) is 3.00. The highest BCUT2D eigenvalue weighted by atomic mass is 35.5. The Bertz CT molecular complexity index is 689. The van der Waals surface area contributed by atoms with Crippen LogP contribution < -0.4 is 10.6 Å². The van der Waals surface area contributed by atoms with Gasteiger partial charge >= 0.3 is 0 Å². The summed E-state index contributed by atoms with van der Waals surface area (Å²) in [6.07, 6.45) is 2.56. The Labute approximate surface area is 125 Å². The van der Waals surface area contributed by atoms with Crippen LogP contribution in [0.15, 0.2) is 42.4 Å². The van der Waals surface area contributed by atoms with Gasteiger partial charge in [0.05, 0.1) is 0 Å². The van der Waals surface area contributed by atoms with Gasteiger partial charge in [0.2, 0.25) is 5.95 Å². The van der Waals surface area contributed by atoms with E-state index in [1.165, 1.54) is 12.5 Å². The van der Waals surface area contributed by atoms with Crippen LogP contribution in [0.1, 0.15) is 5.56 Å². The molecule has 0 saturated carbocycles. The predicted octanol–water partition coefficient (Wildman–Crippen LogP) is 1.59. The molecular weight excluding hydrogens is 292 g/mol. The number of halogens is 1. The van der Waals surface area contributed by atoms with Crippen molar-refractivity contribution in [2.75, 3.05) is 5.32 Å². The summed E-state index contributed by atoms with van der Waals surface area (Å²) in [5, 5.41) is 21.0.